The minimum absolute atomic E-state index is 0.299. The molecule has 0 bridgehead atoms. The molecule has 0 saturated carbocycles. The van der Waals surface area contributed by atoms with Gasteiger partial charge < -0.3 is 15.0 Å². The number of anilines is 2. The summed E-state index contributed by atoms with van der Waals surface area (Å²) in [5, 5.41) is 2.10. The SMILES string of the molecule is Cc1ccccc1NC(=O)COc1cccc([C@@H]2c3sc(=O)[nH]c3S[C@H]3C(=O)N(c4ccccc4C(F)(F)F)C(=O)[C@@H]23)c1. The third-order valence-electron chi connectivity index (χ3n) is 7.28. The summed E-state index contributed by atoms with van der Waals surface area (Å²) in [6.45, 7) is 1.55. The van der Waals surface area contributed by atoms with Gasteiger partial charge in [0.25, 0.3) is 5.91 Å². The van der Waals surface area contributed by atoms with Gasteiger partial charge in [0, 0.05) is 16.5 Å². The molecular weight excluding hydrogens is 603 g/mol. The number of imide groups is 1. The first-order chi connectivity index (χ1) is 20.5. The zero-order valence-corrected chi connectivity index (χ0v) is 23.9. The van der Waals surface area contributed by atoms with Gasteiger partial charge in [-0.3, -0.25) is 19.2 Å². The molecule has 3 amide bonds. The molecule has 2 aliphatic rings. The largest absolute Gasteiger partial charge is 0.484 e. The molecule has 8 nitrogen and oxygen atoms in total. The first kappa shape index (κ1) is 28.7. The molecule has 2 N–H and O–H groups in total. The summed E-state index contributed by atoms with van der Waals surface area (Å²) in [5.41, 5.74) is 0.403. The highest BCUT2D eigenvalue weighted by atomic mass is 32.2. The summed E-state index contributed by atoms with van der Waals surface area (Å²) in [5.74, 6) is -3.59. The highest BCUT2D eigenvalue weighted by molar-refractivity contribution is 8.00. The number of alkyl halides is 3. The zero-order chi connectivity index (χ0) is 30.5. The van der Waals surface area contributed by atoms with E-state index in [4.69, 9.17) is 4.74 Å². The number of para-hydroxylation sites is 2. The topological polar surface area (TPSA) is 109 Å². The molecule has 3 heterocycles. The van der Waals surface area contributed by atoms with Crippen LogP contribution in [0.4, 0.5) is 24.5 Å². The molecule has 0 radical (unpaired) electrons. The van der Waals surface area contributed by atoms with E-state index in [-0.39, 0.29) is 11.5 Å². The highest BCUT2D eigenvalue weighted by Crippen LogP contribution is 2.54. The van der Waals surface area contributed by atoms with Gasteiger partial charge in [-0.25, -0.2) is 4.90 Å². The first-order valence-electron chi connectivity index (χ1n) is 13.0. The molecule has 2 aliphatic heterocycles. The molecule has 220 valence electrons. The Balaban J connectivity index is 1.32. The summed E-state index contributed by atoms with van der Waals surface area (Å²) in [7, 11) is 0. The van der Waals surface area contributed by atoms with Crippen molar-refractivity contribution >= 4 is 52.2 Å². The summed E-state index contributed by atoms with van der Waals surface area (Å²) in [6, 6.07) is 18.3. The number of benzene rings is 3. The maximum atomic E-state index is 13.9. The number of thiazole rings is 1. The number of aryl methyl sites for hydroxylation is 1. The number of aromatic amines is 1. The third-order valence-corrected chi connectivity index (χ3v) is 9.68. The average molecular weight is 626 g/mol. The van der Waals surface area contributed by atoms with Gasteiger partial charge in [0.2, 0.25) is 11.8 Å². The van der Waals surface area contributed by atoms with E-state index < -0.39 is 52.2 Å². The Bertz CT molecular complexity index is 1820. The van der Waals surface area contributed by atoms with Gasteiger partial charge in [-0.2, -0.15) is 13.2 Å². The molecule has 0 spiro atoms. The molecule has 1 saturated heterocycles. The summed E-state index contributed by atoms with van der Waals surface area (Å²) in [4.78, 5) is 55.8. The maximum absolute atomic E-state index is 13.9. The smallest absolute Gasteiger partial charge is 0.418 e. The monoisotopic (exact) mass is 625 g/mol. The Morgan fingerprint density at radius 1 is 1.00 bits per heavy atom. The van der Waals surface area contributed by atoms with Gasteiger partial charge in [-0.15, -0.1) is 0 Å². The number of amides is 3. The molecule has 1 fully saturated rings. The number of carbonyl (C=O) groups excluding carboxylic acids is 3. The van der Waals surface area contributed by atoms with Crippen LogP contribution in [0.5, 0.6) is 5.75 Å². The van der Waals surface area contributed by atoms with Crippen molar-refractivity contribution in [3.8, 4) is 5.75 Å². The number of hydrogen-bond acceptors (Lipinski definition) is 7. The van der Waals surface area contributed by atoms with Crippen molar-refractivity contribution in [1.82, 2.24) is 4.98 Å². The average Bonchev–Trinajstić information content (AvgIpc) is 3.46. The lowest BCUT2D eigenvalue weighted by Gasteiger charge is -2.30. The van der Waals surface area contributed by atoms with Crippen LogP contribution < -0.4 is 19.8 Å². The van der Waals surface area contributed by atoms with E-state index in [1.807, 2.05) is 19.1 Å². The lowest BCUT2D eigenvalue weighted by atomic mass is 9.83. The Morgan fingerprint density at radius 3 is 2.51 bits per heavy atom. The fourth-order valence-electron chi connectivity index (χ4n) is 5.37. The lowest BCUT2D eigenvalue weighted by Crippen LogP contribution is -2.33. The molecular formula is C30H22F3N3O5S2. The van der Waals surface area contributed by atoms with E-state index in [0.29, 0.717) is 31.8 Å². The van der Waals surface area contributed by atoms with Crippen LogP contribution in [0.3, 0.4) is 0 Å². The van der Waals surface area contributed by atoms with Crippen molar-refractivity contribution in [2.45, 2.75) is 29.3 Å². The van der Waals surface area contributed by atoms with Gasteiger partial charge in [0.15, 0.2) is 6.61 Å². The minimum atomic E-state index is -4.79. The van der Waals surface area contributed by atoms with Gasteiger partial charge in [0.1, 0.15) is 11.0 Å². The van der Waals surface area contributed by atoms with E-state index >= 15 is 0 Å². The van der Waals surface area contributed by atoms with Gasteiger partial charge in [-0.1, -0.05) is 65.6 Å². The Hall–Kier alpha value is -4.36. The fraction of sp³-hybridized carbons (Fsp3) is 0.200. The second kappa shape index (κ2) is 11.0. The number of hydrogen-bond donors (Lipinski definition) is 2. The summed E-state index contributed by atoms with van der Waals surface area (Å²) in [6.07, 6.45) is -4.79. The third kappa shape index (κ3) is 5.34. The van der Waals surface area contributed by atoms with E-state index in [1.54, 1.807) is 36.4 Å². The van der Waals surface area contributed by atoms with Crippen molar-refractivity contribution < 1.29 is 32.3 Å². The van der Waals surface area contributed by atoms with Crippen LogP contribution >= 0.6 is 23.1 Å². The van der Waals surface area contributed by atoms with Crippen LogP contribution in [-0.2, 0) is 20.6 Å². The second-order valence-corrected chi connectivity index (χ2v) is 12.2. The van der Waals surface area contributed by atoms with E-state index in [0.717, 1.165) is 40.8 Å². The van der Waals surface area contributed by atoms with Crippen LogP contribution in [0.2, 0.25) is 0 Å². The fourth-order valence-corrected chi connectivity index (χ4v) is 7.88. The molecule has 43 heavy (non-hydrogen) atoms. The standard InChI is InChI=1S/C30H22F3N3O5S2/c1-15-7-2-4-11-19(15)34-21(37)14-41-17-9-6-8-16(13-17)22-23-25(42-26-24(22)43-29(40)35-26)28(39)36(27(23)38)20-12-5-3-10-18(20)30(31,32)33/h2-13,22-23,25H,14H2,1H3,(H,34,37)(H,35,40)/t22-,23-,25+/m0/s1. The number of aromatic nitrogens is 1. The van der Waals surface area contributed by atoms with Crippen molar-refractivity contribution in [2.75, 3.05) is 16.8 Å². The van der Waals surface area contributed by atoms with Gasteiger partial charge >= 0.3 is 11.0 Å². The molecule has 4 aromatic rings. The number of halogens is 3. The lowest BCUT2D eigenvalue weighted by molar-refractivity contribution is -0.137. The summed E-state index contributed by atoms with van der Waals surface area (Å²) >= 11 is 1.85. The van der Waals surface area contributed by atoms with Crippen LogP contribution in [0.15, 0.2) is 82.6 Å². The number of thioether (sulfide) groups is 1. The molecule has 6 rings (SSSR count). The predicted octanol–water partition coefficient (Wildman–Crippen LogP) is 5.58. The highest BCUT2D eigenvalue weighted by Gasteiger charge is 2.57. The van der Waals surface area contributed by atoms with Crippen molar-refractivity contribution in [3.05, 3.63) is 104 Å². The minimum Gasteiger partial charge on any atom is -0.484 e. The maximum Gasteiger partial charge on any atom is 0.418 e. The van der Waals surface area contributed by atoms with Crippen molar-refractivity contribution in [3.63, 3.8) is 0 Å². The molecule has 0 unspecified atom stereocenters. The van der Waals surface area contributed by atoms with Crippen molar-refractivity contribution in [2.24, 2.45) is 5.92 Å². The van der Waals surface area contributed by atoms with E-state index in [9.17, 15) is 32.3 Å². The van der Waals surface area contributed by atoms with E-state index in [2.05, 4.69) is 10.3 Å². The number of nitrogens with one attached hydrogen (secondary N) is 2. The van der Waals surface area contributed by atoms with Gasteiger partial charge in [-0.05, 0) is 48.4 Å². The number of ether oxygens (including phenoxy) is 1. The van der Waals surface area contributed by atoms with Crippen LogP contribution in [0.25, 0.3) is 0 Å². The molecule has 1 aromatic heterocycles. The second-order valence-electron chi connectivity index (χ2n) is 10.0. The Kier molecular flexibility index (Phi) is 7.38. The van der Waals surface area contributed by atoms with Gasteiger partial charge in [0.05, 0.1) is 22.2 Å². The molecule has 3 aromatic carbocycles. The van der Waals surface area contributed by atoms with E-state index in [1.165, 1.54) is 12.1 Å². The first-order valence-corrected chi connectivity index (χ1v) is 14.7. The molecule has 3 atom stereocenters. The number of carbonyl (C=O) groups is 3. The molecule has 0 aliphatic carbocycles. The normalized spacial score (nSPS) is 19.6. The Morgan fingerprint density at radius 2 is 1.74 bits per heavy atom. The number of fused-ring (bicyclic) bond motifs is 2. The summed E-state index contributed by atoms with van der Waals surface area (Å²) < 4.78 is 47.3. The predicted molar refractivity (Wildman–Crippen MR) is 156 cm³/mol. The zero-order valence-electron chi connectivity index (χ0n) is 22.3. The van der Waals surface area contributed by atoms with Crippen LogP contribution in [-0.4, -0.2) is 34.6 Å². The molecule has 13 heteroatoms. The number of H-pyrrole nitrogens is 1. The van der Waals surface area contributed by atoms with Crippen molar-refractivity contribution in [1.29, 1.82) is 0 Å². The quantitative estimate of drug-likeness (QED) is 0.271. The van der Waals surface area contributed by atoms with Crippen LogP contribution in [0.1, 0.15) is 27.5 Å². The number of rotatable bonds is 6. The van der Waals surface area contributed by atoms with Crippen LogP contribution in [0, 0.1) is 12.8 Å². The Labute approximate surface area is 250 Å². The number of nitrogens with zero attached hydrogens (tertiary/aromatic N) is 1.